The first-order chi connectivity index (χ1) is 10.0. The summed E-state index contributed by atoms with van der Waals surface area (Å²) in [5.41, 5.74) is 3.63. The van der Waals surface area contributed by atoms with E-state index in [-0.39, 0.29) is 0 Å². The normalized spacial score (nSPS) is 27.8. The van der Waals surface area contributed by atoms with Gasteiger partial charge in [-0.3, -0.25) is 0 Å². The summed E-state index contributed by atoms with van der Waals surface area (Å²) in [5, 5.41) is 0. The lowest BCUT2D eigenvalue weighted by Crippen LogP contribution is -2.45. The van der Waals surface area contributed by atoms with Gasteiger partial charge >= 0.3 is 0 Å². The molecule has 0 spiro atoms. The highest BCUT2D eigenvalue weighted by Gasteiger charge is 2.33. The van der Waals surface area contributed by atoms with Gasteiger partial charge in [0.05, 0.1) is 0 Å². The molecular formula is C18H32N3+. The van der Waals surface area contributed by atoms with Gasteiger partial charge in [0.2, 0.25) is 0 Å². The summed E-state index contributed by atoms with van der Waals surface area (Å²) in [4.78, 5) is 5.09. The van der Waals surface area contributed by atoms with Gasteiger partial charge in [0.1, 0.15) is 13.1 Å². The van der Waals surface area contributed by atoms with Crippen LogP contribution in [0.25, 0.3) is 0 Å². The van der Waals surface area contributed by atoms with E-state index in [1.54, 1.807) is 11.4 Å². The molecule has 21 heavy (non-hydrogen) atoms. The van der Waals surface area contributed by atoms with Crippen molar-refractivity contribution >= 4 is 5.71 Å². The third-order valence-corrected chi connectivity index (χ3v) is 5.32. The zero-order valence-electron chi connectivity index (χ0n) is 14.2. The molecule has 3 aliphatic rings. The van der Waals surface area contributed by atoms with Crippen LogP contribution in [-0.2, 0) is 0 Å². The van der Waals surface area contributed by atoms with Crippen molar-refractivity contribution in [2.24, 2.45) is 5.41 Å². The average Bonchev–Trinajstić information content (AvgIpc) is 2.47. The van der Waals surface area contributed by atoms with Gasteiger partial charge in [-0.15, -0.1) is 0 Å². The van der Waals surface area contributed by atoms with E-state index in [1.165, 1.54) is 71.4 Å². The lowest BCUT2D eigenvalue weighted by molar-refractivity contribution is -0.538. The minimum absolute atomic E-state index is 0.417. The van der Waals surface area contributed by atoms with Crippen molar-refractivity contribution in [3.8, 4) is 0 Å². The molecule has 0 aromatic heterocycles. The van der Waals surface area contributed by atoms with Gasteiger partial charge in [0.15, 0.2) is 5.71 Å². The average molecular weight is 290 g/mol. The van der Waals surface area contributed by atoms with Crippen LogP contribution in [0, 0.1) is 5.41 Å². The maximum Gasteiger partial charge on any atom is 0.178 e. The molecule has 0 saturated carbocycles. The van der Waals surface area contributed by atoms with Crippen LogP contribution in [0.2, 0.25) is 0 Å². The largest absolute Gasteiger partial charge is 0.372 e. The lowest BCUT2D eigenvalue weighted by atomic mass is 9.77. The molecule has 0 radical (unpaired) electrons. The molecule has 3 nitrogen and oxygen atoms in total. The van der Waals surface area contributed by atoms with Crippen molar-refractivity contribution in [1.82, 2.24) is 9.80 Å². The van der Waals surface area contributed by atoms with E-state index in [1.807, 2.05) is 0 Å². The van der Waals surface area contributed by atoms with Gasteiger partial charge in [0.25, 0.3) is 0 Å². The predicted octanol–water partition coefficient (Wildman–Crippen LogP) is 2.58. The fourth-order valence-corrected chi connectivity index (χ4v) is 4.02. The quantitative estimate of drug-likeness (QED) is 0.687. The molecule has 0 bridgehead atoms. The summed E-state index contributed by atoms with van der Waals surface area (Å²) in [7, 11) is 2.24. The summed E-state index contributed by atoms with van der Waals surface area (Å²) in [6.07, 6.45) is 9.21. The van der Waals surface area contributed by atoms with E-state index in [9.17, 15) is 0 Å². The second-order valence-electron chi connectivity index (χ2n) is 7.98. The van der Waals surface area contributed by atoms with Crippen molar-refractivity contribution in [1.29, 1.82) is 0 Å². The number of likely N-dealkylation sites (N-methyl/N-ethyl adjacent to an activating group) is 1. The second kappa shape index (κ2) is 6.12. The van der Waals surface area contributed by atoms with Gasteiger partial charge in [-0.1, -0.05) is 13.8 Å². The van der Waals surface area contributed by atoms with Crippen molar-refractivity contribution in [3.05, 3.63) is 11.8 Å². The maximum atomic E-state index is 2.67. The highest BCUT2D eigenvalue weighted by atomic mass is 15.3. The van der Waals surface area contributed by atoms with Crippen LogP contribution in [-0.4, -0.2) is 66.4 Å². The number of nitrogens with zero attached hydrogens (tertiary/aromatic N) is 3. The molecule has 2 aliphatic heterocycles. The van der Waals surface area contributed by atoms with Crippen LogP contribution in [0.1, 0.15) is 46.0 Å². The Hall–Kier alpha value is -0.830. The van der Waals surface area contributed by atoms with Crippen LogP contribution >= 0.6 is 0 Å². The number of hydrogen-bond acceptors (Lipinski definition) is 2. The first-order valence-corrected chi connectivity index (χ1v) is 8.78. The highest BCUT2D eigenvalue weighted by molar-refractivity contribution is 5.92. The standard InChI is InChI=1S/C18H32N3/c1-18(2)14-16(20-7-5-4-6-8-20)13-17(15-18)21-11-9-19(3)10-12-21/h13H,4-12,14-15H2,1-3H3/q+1. The topological polar surface area (TPSA) is 9.49 Å². The second-order valence-corrected chi connectivity index (χ2v) is 7.98. The molecule has 2 saturated heterocycles. The fourth-order valence-electron chi connectivity index (χ4n) is 4.02. The molecular weight excluding hydrogens is 258 g/mol. The number of hydrogen-bond donors (Lipinski definition) is 0. The zero-order chi connectivity index (χ0) is 14.9. The lowest BCUT2D eigenvalue weighted by Gasteiger charge is -2.40. The fraction of sp³-hybridized carbons (Fsp3) is 0.833. The third kappa shape index (κ3) is 3.68. The Balaban J connectivity index is 1.82. The summed E-state index contributed by atoms with van der Waals surface area (Å²) in [6, 6.07) is 0. The molecule has 0 amide bonds. The molecule has 0 aromatic carbocycles. The molecule has 3 heteroatoms. The van der Waals surface area contributed by atoms with Crippen LogP contribution in [0.15, 0.2) is 11.8 Å². The minimum Gasteiger partial charge on any atom is -0.372 e. The highest BCUT2D eigenvalue weighted by Crippen LogP contribution is 2.36. The first-order valence-electron chi connectivity index (χ1n) is 8.78. The Kier molecular flexibility index (Phi) is 4.39. The molecule has 1 aliphatic carbocycles. The predicted molar refractivity (Wildman–Crippen MR) is 89.0 cm³/mol. The third-order valence-electron chi connectivity index (χ3n) is 5.32. The molecule has 2 fully saturated rings. The van der Waals surface area contributed by atoms with Gasteiger partial charge in [-0.05, 0) is 25.3 Å². The Bertz CT molecular complexity index is 431. The van der Waals surface area contributed by atoms with Gasteiger partial charge in [-0.2, -0.15) is 0 Å². The summed E-state index contributed by atoms with van der Waals surface area (Å²) < 4.78 is 2.67. The van der Waals surface area contributed by atoms with Gasteiger partial charge < -0.3 is 9.80 Å². The van der Waals surface area contributed by atoms with Crippen molar-refractivity contribution < 1.29 is 4.58 Å². The zero-order valence-corrected chi connectivity index (χ0v) is 14.2. The Morgan fingerprint density at radius 1 is 0.952 bits per heavy atom. The molecule has 0 aromatic rings. The van der Waals surface area contributed by atoms with E-state index in [0.29, 0.717) is 5.41 Å². The van der Waals surface area contributed by atoms with Crippen LogP contribution < -0.4 is 0 Å². The van der Waals surface area contributed by atoms with Crippen LogP contribution in [0.4, 0.5) is 0 Å². The molecule has 2 heterocycles. The van der Waals surface area contributed by atoms with Crippen LogP contribution in [0.5, 0.6) is 0 Å². The number of piperazine rings is 1. The van der Waals surface area contributed by atoms with Crippen LogP contribution in [0.3, 0.4) is 0 Å². The van der Waals surface area contributed by atoms with E-state index in [2.05, 4.69) is 41.3 Å². The SMILES string of the molecule is CN1CCN(C2=CC(=[N+]3CCCCC3)CC(C)(C)C2)CC1. The van der Waals surface area contributed by atoms with E-state index in [4.69, 9.17) is 0 Å². The van der Waals surface area contributed by atoms with E-state index < -0.39 is 0 Å². The summed E-state index contributed by atoms with van der Waals surface area (Å²) in [6.45, 7) is 12.3. The summed E-state index contributed by atoms with van der Waals surface area (Å²) >= 11 is 0. The van der Waals surface area contributed by atoms with Gasteiger partial charge in [0, 0.05) is 57.2 Å². The molecule has 0 atom stereocenters. The van der Waals surface area contributed by atoms with Crippen molar-refractivity contribution in [2.45, 2.75) is 46.0 Å². The Morgan fingerprint density at radius 2 is 1.62 bits per heavy atom. The smallest absolute Gasteiger partial charge is 0.178 e. The van der Waals surface area contributed by atoms with Crippen molar-refractivity contribution in [3.63, 3.8) is 0 Å². The maximum absolute atomic E-state index is 2.67. The monoisotopic (exact) mass is 290 g/mol. The first kappa shape index (κ1) is 15.1. The molecule has 118 valence electrons. The van der Waals surface area contributed by atoms with E-state index in [0.717, 1.165) is 0 Å². The van der Waals surface area contributed by atoms with E-state index >= 15 is 0 Å². The number of piperidine rings is 1. The molecule has 3 rings (SSSR count). The Morgan fingerprint density at radius 3 is 2.29 bits per heavy atom. The minimum atomic E-state index is 0.417. The Labute approximate surface area is 130 Å². The van der Waals surface area contributed by atoms with Crippen molar-refractivity contribution in [2.75, 3.05) is 46.3 Å². The number of rotatable bonds is 1. The molecule has 0 N–H and O–H groups in total. The number of allylic oxidation sites excluding steroid dienone is 2. The van der Waals surface area contributed by atoms with Gasteiger partial charge in [-0.25, -0.2) is 4.58 Å². The summed E-state index contributed by atoms with van der Waals surface area (Å²) in [5.74, 6) is 0. The molecule has 0 unspecified atom stereocenters.